The van der Waals surface area contributed by atoms with Crippen LogP contribution in [0.2, 0.25) is 0 Å². The highest BCUT2D eigenvalue weighted by atomic mass is 32.1. The minimum atomic E-state index is 0.421. The van der Waals surface area contributed by atoms with Gasteiger partial charge in [0.25, 0.3) is 0 Å². The third-order valence-corrected chi connectivity index (χ3v) is 4.16. The summed E-state index contributed by atoms with van der Waals surface area (Å²) in [6, 6.07) is 4.49. The maximum atomic E-state index is 3.54. The van der Waals surface area contributed by atoms with E-state index in [2.05, 4.69) is 45.1 Å². The second-order valence-corrected chi connectivity index (χ2v) is 6.10. The predicted molar refractivity (Wildman–Crippen MR) is 69.5 cm³/mol. The Hall–Kier alpha value is -0.340. The Morgan fingerprint density at radius 3 is 2.40 bits per heavy atom. The Bertz CT molecular complexity index is 288. The largest absolute Gasteiger partial charge is 0.311 e. The number of hydrogen-bond acceptors (Lipinski definition) is 2. The second kappa shape index (κ2) is 5.66. The van der Waals surface area contributed by atoms with E-state index in [1.54, 1.807) is 0 Å². The van der Waals surface area contributed by atoms with Gasteiger partial charge in [0, 0.05) is 22.8 Å². The summed E-state index contributed by atoms with van der Waals surface area (Å²) in [6.07, 6.45) is 2.38. The Labute approximate surface area is 97.9 Å². The number of rotatable bonds is 6. The summed E-state index contributed by atoms with van der Waals surface area (Å²) in [5.41, 5.74) is 0.421. The highest BCUT2D eigenvalue weighted by molar-refractivity contribution is 7.11. The summed E-state index contributed by atoms with van der Waals surface area (Å²) >= 11 is 1.93. The summed E-state index contributed by atoms with van der Waals surface area (Å²) in [4.78, 5) is 2.94. The monoisotopic (exact) mass is 225 g/mol. The van der Waals surface area contributed by atoms with E-state index in [0.717, 1.165) is 19.5 Å². The smallest absolute Gasteiger partial charge is 0.0300 e. The van der Waals surface area contributed by atoms with E-state index < -0.39 is 0 Å². The molecule has 0 saturated heterocycles. The molecule has 0 aromatic carbocycles. The van der Waals surface area contributed by atoms with Crippen molar-refractivity contribution in [1.82, 2.24) is 5.32 Å². The van der Waals surface area contributed by atoms with Crippen LogP contribution in [0.25, 0.3) is 0 Å². The molecule has 1 N–H and O–H groups in total. The van der Waals surface area contributed by atoms with Crippen molar-refractivity contribution in [2.45, 2.75) is 47.1 Å². The SMILES string of the molecule is CCc1ccc(CNCC(C)(C)CC)s1. The second-order valence-electron chi connectivity index (χ2n) is 4.84. The standard InChI is InChI=1S/C13H23NS/c1-5-11-7-8-12(15-11)9-14-10-13(3,4)6-2/h7-8,14H,5-6,9-10H2,1-4H3. The van der Waals surface area contributed by atoms with Gasteiger partial charge in [-0.15, -0.1) is 11.3 Å². The van der Waals surface area contributed by atoms with Crippen molar-refractivity contribution >= 4 is 11.3 Å². The molecule has 0 saturated carbocycles. The number of aryl methyl sites for hydroxylation is 1. The average Bonchev–Trinajstić information content (AvgIpc) is 2.66. The first-order valence-corrected chi connectivity index (χ1v) is 6.67. The van der Waals surface area contributed by atoms with E-state index >= 15 is 0 Å². The summed E-state index contributed by atoms with van der Waals surface area (Å²) < 4.78 is 0. The topological polar surface area (TPSA) is 12.0 Å². The zero-order chi connectivity index (χ0) is 11.3. The number of thiophene rings is 1. The maximum Gasteiger partial charge on any atom is 0.0300 e. The Kier molecular flexibility index (Phi) is 4.81. The zero-order valence-electron chi connectivity index (χ0n) is 10.4. The van der Waals surface area contributed by atoms with Gasteiger partial charge < -0.3 is 5.32 Å². The van der Waals surface area contributed by atoms with Crippen LogP contribution in [-0.4, -0.2) is 6.54 Å². The van der Waals surface area contributed by atoms with E-state index in [9.17, 15) is 0 Å². The van der Waals surface area contributed by atoms with E-state index in [4.69, 9.17) is 0 Å². The molecule has 0 aliphatic heterocycles. The molecule has 0 atom stereocenters. The van der Waals surface area contributed by atoms with Crippen molar-refractivity contribution in [2.24, 2.45) is 5.41 Å². The molecule has 86 valence electrons. The number of hydrogen-bond donors (Lipinski definition) is 1. The molecule has 0 fully saturated rings. The molecule has 1 nitrogen and oxygen atoms in total. The molecule has 15 heavy (non-hydrogen) atoms. The highest BCUT2D eigenvalue weighted by Gasteiger charge is 2.13. The quantitative estimate of drug-likeness (QED) is 0.775. The molecule has 0 unspecified atom stereocenters. The lowest BCUT2D eigenvalue weighted by molar-refractivity contribution is 0.328. The summed E-state index contributed by atoms with van der Waals surface area (Å²) in [7, 11) is 0. The van der Waals surface area contributed by atoms with Crippen molar-refractivity contribution in [3.8, 4) is 0 Å². The molecule has 0 bridgehead atoms. The van der Waals surface area contributed by atoms with Crippen LogP contribution in [0, 0.1) is 5.41 Å². The minimum Gasteiger partial charge on any atom is -0.311 e. The van der Waals surface area contributed by atoms with Gasteiger partial charge in [-0.05, 0) is 30.4 Å². The van der Waals surface area contributed by atoms with Crippen LogP contribution < -0.4 is 5.32 Å². The first-order valence-electron chi connectivity index (χ1n) is 5.85. The van der Waals surface area contributed by atoms with Gasteiger partial charge in [-0.25, -0.2) is 0 Å². The fourth-order valence-corrected chi connectivity index (χ4v) is 2.28. The van der Waals surface area contributed by atoms with Crippen LogP contribution in [0.5, 0.6) is 0 Å². The van der Waals surface area contributed by atoms with Crippen LogP contribution in [0.15, 0.2) is 12.1 Å². The lowest BCUT2D eigenvalue weighted by Crippen LogP contribution is -2.28. The summed E-state index contributed by atoms with van der Waals surface area (Å²) in [6.45, 7) is 11.2. The van der Waals surface area contributed by atoms with Crippen molar-refractivity contribution in [1.29, 1.82) is 0 Å². The van der Waals surface area contributed by atoms with Crippen LogP contribution in [0.1, 0.15) is 43.9 Å². The first-order chi connectivity index (χ1) is 7.07. The Balaban J connectivity index is 2.31. The van der Waals surface area contributed by atoms with E-state index in [1.165, 1.54) is 16.2 Å². The van der Waals surface area contributed by atoms with Gasteiger partial charge in [-0.3, -0.25) is 0 Å². The van der Waals surface area contributed by atoms with Crippen molar-refractivity contribution < 1.29 is 0 Å². The molecular formula is C13H23NS. The summed E-state index contributed by atoms with van der Waals surface area (Å²) in [5, 5.41) is 3.54. The molecule has 1 aromatic heterocycles. The van der Waals surface area contributed by atoms with Crippen LogP contribution >= 0.6 is 11.3 Å². The van der Waals surface area contributed by atoms with Gasteiger partial charge in [0.05, 0.1) is 0 Å². The molecule has 0 aliphatic carbocycles. The van der Waals surface area contributed by atoms with Gasteiger partial charge in [-0.1, -0.05) is 27.7 Å². The van der Waals surface area contributed by atoms with Gasteiger partial charge in [0.2, 0.25) is 0 Å². The minimum absolute atomic E-state index is 0.421. The predicted octanol–water partition coefficient (Wildman–Crippen LogP) is 3.84. The van der Waals surface area contributed by atoms with Crippen molar-refractivity contribution in [3.63, 3.8) is 0 Å². The van der Waals surface area contributed by atoms with E-state index in [0.29, 0.717) is 5.41 Å². The lowest BCUT2D eigenvalue weighted by Gasteiger charge is -2.22. The highest BCUT2D eigenvalue weighted by Crippen LogP contribution is 2.19. The van der Waals surface area contributed by atoms with Gasteiger partial charge >= 0.3 is 0 Å². The third-order valence-electron chi connectivity index (χ3n) is 2.93. The molecule has 2 heteroatoms. The van der Waals surface area contributed by atoms with Gasteiger partial charge in [0.15, 0.2) is 0 Å². The normalized spacial score (nSPS) is 12.0. The fourth-order valence-electron chi connectivity index (χ4n) is 1.36. The first kappa shape index (κ1) is 12.7. The van der Waals surface area contributed by atoms with Crippen molar-refractivity contribution in [2.75, 3.05) is 6.54 Å². The molecule has 1 heterocycles. The zero-order valence-corrected chi connectivity index (χ0v) is 11.2. The van der Waals surface area contributed by atoms with Crippen LogP contribution in [0.3, 0.4) is 0 Å². The molecule has 1 aromatic rings. The van der Waals surface area contributed by atoms with Crippen LogP contribution in [-0.2, 0) is 13.0 Å². The molecule has 0 aliphatic rings. The number of nitrogens with one attached hydrogen (secondary N) is 1. The van der Waals surface area contributed by atoms with Gasteiger partial charge in [-0.2, -0.15) is 0 Å². The fraction of sp³-hybridized carbons (Fsp3) is 0.692. The van der Waals surface area contributed by atoms with E-state index in [-0.39, 0.29) is 0 Å². The summed E-state index contributed by atoms with van der Waals surface area (Å²) in [5.74, 6) is 0. The molecular weight excluding hydrogens is 202 g/mol. The van der Waals surface area contributed by atoms with E-state index in [1.807, 2.05) is 11.3 Å². The molecule has 1 rings (SSSR count). The van der Waals surface area contributed by atoms with Gasteiger partial charge in [0.1, 0.15) is 0 Å². The van der Waals surface area contributed by atoms with Crippen LogP contribution in [0.4, 0.5) is 0 Å². The Morgan fingerprint density at radius 2 is 1.87 bits per heavy atom. The molecule has 0 spiro atoms. The van der Waals surface area contributed by atoms with Crippen molar-refractivity contribution in [3.05, 3.63) is 21.9 Å². The lowest BCUT2D eigenvalue weighted by atomic mass is 9.90. The molecule has 0 amide bonds. The average molecular weight is 225 g/mol. The third kappa shape index (κ3) is 4.35. The Morgan fingerprint density at radius 1 is 1.20 bits per heavy atom. The maximum absolute atomic E-state index is 3.54. The molecule has 0 radical (unpaired) electrons.